The van der Waals surface area contributed by atoms with Crippen LogP contribution < -0.4 is 15.4 Å². The van der Waals surface area contributed by atoms with E-state index in [9.17, 15) is 31.1 Å². The van der Waals surface area contributed by atoms with E-state index in [0.29, 0.717) is 24.2 Å². The van der Waals surface area contributed by atoms with Crippen molar-refractivity contribution in [2.24, 2.45) is 4.99 Å². The Morgan fingerprint density at radius 2 is 1.72 bits per heavy atom. The lowest BCUT2D eigenvalue weighted by Gasteiger charge is -2.17. The average Bonchev–Trinajstić information content (AvgIpc) is 3.71. The normalized spacial score (nSPS) is 15.7. The van der Waals surface area contributed by atoms with Gasteiger partial charge in [-0.15, -0.1) is 0 Å². The maximum absolute atomic E-state index is 13.6. The molecule has 0 saturated heterocycles. The van der Waals surface area contributed by atoms with Gasteiger partial charge in [0.1, 0.15) is 5.75 Å². The van der Waals surface area contributed by atoms with Gasteiger partial charge >= 0.3 is 12.4 Å². The van der Waals surface area contributed by atoms with Gasteiger partial charge in [-0.2, -0.15) is 26.3 Å². The van der Waals surface area contributed by atoms with E-state index in [1.165, 1.54) is 0 Å². The number of aliphatic imine (C=N–C) groups is 1. The number of halogens is 6. The molecule has 1 aliphatic carbocycles. The van der Waals surface area contributed by atoms with Crippen molar-refractivity contribution in [2.45, 2.75) is 44.2 Å². The molecule has 0 unspecified atom stereocenters. The third-order valence-electron chi connectivity index (χ3n) is 6.15. The van der Waals surface area contributed by atoms with Crippen molar-refractivity contribution >= 4 is 23.0 Å². The number of carbonyl (C=O) groups excluding carboxylic acids is 1. The Morgan fingerprint density at radius 3 is 2.44 bits per heavy atom. The number of pyridine rings is 1. The fourth-order valence-corrected chi connectivity index (χ4v) is 4.13. The fraction of sp³-hybridized carbons (Fsp3) is 0.296. The van der Waals surface area contributed by atoms with E-state index in [0.717, 1.165) is 35.7 Å². The molecule has 1 amide bonds. The molecule has 1 aliphatic heterocycles. The van der Waals surface area contributed by atoms with E-state index in [1.54, 1.807) is 24.4 Å². The van der Waals surface area contributed by atoms with Crippen molar-refractivity contribution in [3.8, 4) is 16.9 Å². The molecule has 12 heteroatoms. The highest BCUT2D eigenvalue weighted by atomic mass is 19.4. The first-order valence-electron chi connectivity index (χ1n) is 12.1. The van der Waals surface area contributed by atoms with Gasteiger partial charge in [-0.05, 0) is 53.8 Å². The summed E-state index contributed by atoms with van der Waals surface area (Å²) in [4.78, 5) is 21.4. The van der Waals surface area contributed by atoms with Crippen LogP contribution in [0.1, 0.15) is 36.1 Å². The van der Waals surface area contributed by atoms with Crippen molar-refractivity contribution in [1.29, 1.82) is 0 Å². The molecule has 2 heterocycles. The molecule has 1 saturated carbocycles. The monoisotopic (exact) mass is 548 g/mol. The molecule has 0 radical (unpaired) electrons. The number of nitrogens with zero attached hydrogens (tertiary/aromatic N) is 2. The summed E-state index contributed by atoms with van der Waals surface area (Å²) in [5, 5.41) is 5.77. The Balaban J connectivity index is 1.50. The third kappa shape index (κ3) is 6.75. The molecule has 2 aliphatic rings. The van der Waals surface area contributed by atoms with Crippen molar-refractivity contribution in [1.82, 2.24) is 10.3 Å². The van der Waals surface area contributed by atoms with E-state index >= 15 is 0 Å². The Labute approximate surface area is 219 Å². The van der Waals surface area contributed by atoms with E-state index < -0.39 is 36.2 Å². The molecule has 1 fully saturated rings. The number of carbonyl (C=O) groups is 1. The second-order valence-electron chi connectivity index (χ2n) is 9.32. The topological polar surface area (TPSA) is 75.6 Å². The summed E-state index contributed by atoms with van der Waals surface area (Å²) in [7, 11) is 0. The maximum atomic E-state index is 13.6. The molecule has 0 atom stereocenters. The molecule has 3 aromatic rings. The van der Waals surface area contributed by atoms with Crippen LogP contribution in [0, 0.1) is 0 Å². The first-order chi connectivity index (χ1) is 18.4. The van der Waals surface area contributed by atoms with E-state index in [2.05, 4.69) is 25.3 Å². The summed E-state index contributed by atoms with van der Waals surface area (Å²) < 4.78 is 83.3. The highest BCUT2D eigenvalue weighted by Gasteiger charge is 2.38. The standard InChI is InChI=1S/C27H22F6N4O2/c28-26(29,30)14-39-24-11-23-22(10-20(24)27(31,32)33)37-25(38)12-21(36-23)17-3-1-2-15(8-17)16-6-7-34-19(9-16)13-35-18-4-5-18/h1-3,6-11,18,35H,4-5,12-14H2,(H,37,38). The molecule has 2 N–H and O–H groups in total. The maximum Gasteiger partial charge on any atom is 0.422 e. The van der Waals surface area contributed by atoms with Crippen LogP contribution in [0.2, 0.25) is 0 Å². The van der Waals surface area contributed by atoms with Gasteiger partial charge in [-0.25, -0.2) is 4.99 Å². The van der Waals surface area contributed by atoms with E-state index in [4.69, 9.17) is 0 Å². The zero-order valence-corrected chi connectivity index (χ0v) is 20.3. The van der Waals surface area contributed by atoms with Crippen LogP contribution in [0.15, 0.2) is 59.7 Å². The Morgan fingerprint density at radius 1 is 0.974 bits per heavy atom. The van der Waals surface area contributed by atoms with Gasteiger partial charge in [0.25, 0.3) is 0 Å². The summed E-state index contributed by atoms with van der Waals surface area (Å²) >= 11 is 0. The number of ether oxygens (including phenoxy) is 1. The first kappa shape index (κ1) is 26.7. The van der Waals surface area contributed by atoms with Gasteiger partial charge in [0, 0.05) is 24.8 Å². The molecule has 5 rings (SSSR count). The number of hydrogen-bond acceptors (Lipinski definition) is 5. The highest BCUT2D eigenvalue weighted by molar-refractivity contribution is 6.17. The van der Waals surface area contributed by atoms with Crippen LogP contribution >= 0.6 is 0 Å². The predicted molar refractivity (Wildman–Crippen MR) is 132 cm³/mol. The van der Waals surface area contributed by atoms with E-state index in [1.807, 2.05) is 18.2 Å². The van der Waals surface area contributed by atoms with Gasteiger partial charge in [-0.1, -0.05) is 18.2 Å². The van der Waals surface area contributed by atoms with Crippen LogP contribution in [-0.2, 0) is 17.5 Å². The lowest BCUT2D eigenvalue weighted by Crippen LogP contribution is -2.21. The number of fused-ring (bicyclic) bond motifs is 1. The van der Waals surface area contributed by atoms with Crippen LogP contribution in [-0.4, -0.2) is 35.4 Å². The number of benzene rings is 2. The minimum atomic E-state index is -5.02. The average molecular weight is 548 g/mol. The SMILES string of the molecule is O=C1CC(c2cccc(-c3ccnc(CNC4CC4)c3)c2)=Nc2cc(OCC(F)(F)F)c(C(F)(F)F)cc2N1. The number of alkyl halides is 6. The van der Waals surface area contributed by atoms with Gasteiger partial charge in [0.15, 0.2) is 6.61 Å². The lowest BCUT2D eigenvalue weighted by molar-refractivity contribution is -0.158. The van der Waals surface area contributed by atoms with Gasteiger partial charge in [-0.3, -0.25) is 9.78 Å². The number of aromatic nitrogens is 1. The smallest absolute Gasteiger partial charge is 0.422 e. The molecule has 204 valence electrons. The zero-order valence-electron chi connectivity index (χ0n) is 20.3. The molecule has 0 bridgehead atoms. The molecule has 1 aromatic heterocycles. The number of anilines is 1. The largest absolute Gasteiger partial charge is 0.483 e. The third-order valence-corrected chi connectivity index (χ3v) is 6.15. The quantitative estimate of drug-likeness (QED) is 0.334. The molecule has 39 heavy (non-hydrogen) atoms. The lowest BCUT2D eigenvalue weighted by atomic mass is 9.99. The summed E-state index contributed by atoms with van der Waals surface area (Å²) in [5.74, 6) is -1.65. The predicted octanol–water partition coefficient (Wildman–Crippen LogP) is 6.42. The molecule has 2 aromatic carbocycles. The van der Waals surface area contributed by atoms with Crippen molar-refractivity contribution in [2.75, 3.05) is 11.9 Å². The summed E-state index contributed by atoms with van der Waals surface area (Å²) in [6.07, 6.45) is -6.14. The van der Waals surface area contributed by atoms with Crippen LogP contribution in [0.25, 0.3) is 11.1 Å². The van der Waals surface area contributed by atoms with Crippen molar-refractivity contribution in [3.05, 3.63) is 71.5 Å². The van der Waals surface area contributed by atoms with Crippen LogP contribution in [0.4, 0.5) is 37.7 Å². The Kier molecular flexibility index (Phi) is 7.06. The summed E-state index contributed by atoms with van der Waals surface area (Å²) in [5.41, 5.74) is 1.42. The summed E-state index contributed by atoms with van der Waals surface area (Å²) in [6, 6.07) is 12.7. The molecule has 0 spiro atoms. The van der Waals surface area contributed by atoms with Gasteiger partial charge in [0.2, 0.25) is 5.91 Å². The van der Waals surface area contributed by atoms with Gasteiger partial charge < -0.3 is 15.4 Å². The number of amides is 1. The van der Waals surface area contributed by atoms with Crippen LogP contribution in [0.3, 0.4) is 0 Å². The minimum absolute atomic E-state index is 0.149. The second kappa shape index (κ2) is 10.3. The number of nitrogens with one attached hydrogen (secondary N) is 2. The van der Waals surface area contributed by atoms with Crippen LogP contribution in [0.5, 0.6) is 5.75 Å². The highest BCUT2D eigenvalue weighted by Crippen LogP contribution is 2.43. The Bertz CT molecular complexity index is 1430. The molecular formula is C27H22F6N4O2. The first-order valence-corrected chi connectivity index (χ1v) is 12.1. The van der Waals surface area contributed by atoms with E-state index in [-0.39, 0.29) is 23.5 Å². The fourth-order valence-electron chi connectivity index (χ4n) is 4.13. The van der Waals surface area contributed by atoms with Crippen molar-refractivity contribution < 1.29 is 35.9 Å². The minimum Gasteiger partial charge on any atom is -0.483 e. The molecular weight excluding hydrogens is 526 g/mol. The number of rotatable bonds is 7. The zero-order chi connectivity index (χ0) is 27.8. The van der Waals surface area contributed by atoms with Gasteiger partial charge in [0.05, 0.1) is 34.8 Å². The Hall–Kier alpha value is -3.93. The number of hydrogen-bond donors (Lipinski definition) is 2. The molecule has 6 nitrogen and oxygen atoms in total. The summed E-state index contributed by atoms with van der Waals surface area (Å²) in [6.45, 7) is -1.29. The van der Waals surface area contributed by atoms with Crippen molar-refractivity contribution in [3.63, 3.8) is 0 Å². The second-order valence-corrected chi connectivity index (χ2v) is 9.32.